The molecule has 0 saturated heterocycles. The Morgan fingerprint density at radius 2 is 1.86 bits per heavy atom. The lowest BCUT2D eigenvalue weighted by molar-refractivity contribution is 0.0697. The summed E-state index contributed by atoms with van der Waals surface area (Å²) >= 11 is 1.34. The summed E-state index contributed by atoms with van der Waals surface area (Å²) in [7, 11) is 0. The average Bonchev–Trinajstić information content (AvgIpc) is 2.44. The van der Waals surface area contributed by atoms with Gasteiger partial charge in [0.25, 0.3) is 5.56 Å². The van der Waals surface area contributed by atoms with E-state index in [0.29, 0.717) is 16.6 Å². The van der Waals surface area contributed by atoms with Crippen LogP contribution in [0.15, 0.2) is 34.2 Å². The van der Waals surface area contributed by atoms with Crippen LogP contribution in [0.1, 0.15) is 42.4 Å². The number of rotatable bonds is 4. The molecule has 0 aliphatic carbocycles. The van der Waals surface area contributed by atoms with Gasteiger partial charge in [0, 0.05) is 11.2 Å². The quantitative estimate of drug-likeness (QED) is 0.840. The standard InChI is InChI=1S/C15H17N3O3S/c1-15(2,3)11-12(19)16-14(18-17-11)22-8-9-4-6-10(7-5-9)13(20)21/h4-7H,8H2,1-3H3,(H,20,21)(H,16,18,19). The summed E-state index contributed by atoms with van der Waals surface area (Å²) in [4.78, 5) is 25.5. The molecule has 2 aromatic rings. The summed E-state index contributed by atoms with van der Waals surface area (Å²) in [6.45, 7) is 5.72. The van der Waals surface area contributed by atoms with Gasteiger partial charge in [0.1, 0.15) is 5.69 Å². The predicted molar refractivity (Wildman–Crippen MR) is 84.3 cm³/mol. The normalized spacial score (nSPS) is 11.4. The summed E-state index contributed by atoms with van der Waals surface area (Å²) < 4.78 is 0. The third kappa shape index (κ3) is 3.94. The molecule has 0 atom stereocenters. The maximum Gasteiger partial charge on any atom is 0.335 e. The Kier molecular flexibility index (Phi) is 4.65. The van der Waals surface area contributed by atoms with Crippen LogP contribution in [0.2, 0.25) is 0 Å². The molecule has 0 fully saturated rings. The van der Waals surface area contributed by atoms with Crippen molar-refractivity contribution < 1.29 is 9.90 Å². The Morgan fingerprint density at radius 3 is 2.36 bits per heavy atom. The fourth-order valence-corrected chi connectivity index (χ4v) is 2.53. The molecule has 0 aliphatic heterocycles. The van der Waals surface area contributed by atoms with E-state index in [1.54, 1.807) is 24.3 Å². The largest absolute Gasteiger partial charge is 0.478 e. The number of carbonyl (C=O) groups is 1. The van der Waals surface area contributed by atoms with Crippen LogP contribution in [-0.2, 0) is 11.2 Å². The highest BCUT2D eigenvalue weighted by Gasteiger charge is 2.20. The zero-order chi connectivity index (χ0) is 16.3. The lowest BCUT2D eigenvalue weighted by Crippen LogP contribution is -2.27. The molecule has 6 nitrogen and oxygen atoms in total. The molecule has 1 heterocycles. The maximum atomic E-state index is 12.0. The smallest absolute Gasteiger partial charge is 0.335 e. The van der Waals surface area contributed by atoms with Crippen molar-refractivity contribution in [3.63, 3.8) is 0 Å². The van der Waals surface area contributed by atoms with Gasteiger partial charge >= 0.3 is 5.97 Å². The molecule has 0 aliphatic rings. The molecule has 116 valence electrons. The van der Waals surface area contributed by atoms with Gasteiger partial charge in [-0.1, -0.05) is 44.7 Å². The summed E-state index contributed by atoms with van der Waals surface area (Å²) in [5, 5.41) is 17.3. The Bertz CT molecular complexity index is 733. The average molecular weight is 319 g/mol. The van der Waals surface area contributed by atoms with Gasteiger partial charge in [-0.2, -0.15) is 0 Å². The zero-order valence-corrected chi connectivity index (χ0v) is 13.4. The predicted octanol–water partition coefficient (Wildman–Crippen LogP) is 2.45. The van der Waals surface area contributed by atoms with Crippen LogP contribution in [-0.4, -0.2) is 26.3 Å². The number of hydrogen-bond acceptors (Lipinski definition) is 5. The Hall–Kier alpha value is -2.15. The van der Waals surface area contributed by atoms with Crippen LogP contribution in [0, 0.1) is 0 Å². The van der Waals surface area contributed by atoms with Crippen molar-refractivity contribution in [2.75, 3.05) is 0 Å². The van der Waals surface area contributed by atoms with Gasteiger partial charge in [0.15, 0.2) is 5.16 Å². The molecular formula is C15H17N3O3S. The van der Waals surface area contributed by atoms with Crippen molar-refractivity contribution >= 4 is 17.7 Å². The lowest BCUT2D eigenvalue weighted by Gasteiger charge is -2.15. The number of thioether (sulfide) groups is 1. The Morgan fingerprint density at radius 1 is 1.23 bits per heavy atom. The van der Waals surface area contributed by atoms with Crippen LogP contribution in [0.3, 0.4) is 0 Å². The topological polar surface area (TPSA) is 95.9 Å². The molecule has 0 radical (unpaired) electrons. The molecule has 0 bridgehead atoms. The monoisotopic (exact) mass is 319 g/mol. The van der Waals surface area contributed by atoms with Gasteiger partial charge in [-0.3, -0.25) is 9.78 Å². The SMILES string of the molecule is CC(C)(C)c1nnc(SCc2ccc(C(=O)O)cc2)[nH]c1=O. The van der Waals surface area contributed by atoms with Crippen molar-refractivity contribution in [2.45, 2.75) is 37.1 Å². The van der Waals surface area contributed by atoms with E-state index in [-0.39, 0.29) is 16.5 Å². The minimum absolute atomic E-state index is 0.230. The first kappa shape index (κ1) is 16.2. The first-order valence-electron chi connectivity index (χ1n) is 6.70. The van der Waals surface area contributed by atoms with Crippen LogP contribution < -0.4 is 5.56 Å². The van der Waals surface area contributed by atoms with Gasteiger partial charge in [-0.05, 0) is 17.7 Å². The Balaban J connectivity index is 2.07. The Labute approximate surface area is 132 Å². The summed E-state index contributed by atoms with van der Waals surface area (Å²) in [5.41, 5.74) is 1.01. The maximum absolute atomic E-state index is 12.0. The molecule has 0 amide bonds. The van der Waals surface area contributed by atoms with E-state index in [9.17, 15) is 9.59 Å². The van der Waals surface area contributed by atoms with Crippen molar-refractivity contribution in [1.82, 2.24) is 15.2 Å². The van der Waals surface area contributed by atoms with Gasteiger partial charge in [0.05, 0.1) is 5.56 Å². The number of nitrogens with zero attached hydrogens (tertiary/aromatic N) is 2. The second-order valence-corrected chi connectivity index (χ2v) is 6.81. The second kappa shape index (κ2) is 6.31. The van der Waals surface area contributed by atoms with Crippen molar-refractivity contribution in [1.29, 1.82) is 0 Å². The summed E-state index contributed by atoms with van der Waals surface area (Å²) in [6, 6.07) is 6.59. The highest BCUT2D eigenvalue weighted by molar-refractivity contribution is 7.98. The van der Waals surface area contributed by atoms with Crippen molar-refractivity contribution in [3.05, 3.63) is 51.4 Å². The van der Waals surface area contributed by atoms with Gasteiger partial charge in [-0.15, -0.1) is 10.2 Å². The van der Waals surface area contributed by atoms with E-state index in [1.807, 2.05) is 20.8 Å². The number of carboxylic acids is 1. The molecule has 7 heteroatoms. The summed E-state index contributed by atoms with van der Waals surface area (Å²) in [6.07, 6.45) is 0. The van der Waals surface area contributed by atoms with Gasteiger partial charge in [-0.25, -0.2) is 4.79 Å². The van der Waals surface area contributed by atoms with Crippen LogP contribution >= 0.6 is 11.8 Å². The van der Waals surface area contributed by atoms with Gasteiger partial charge in [0.2, 0.25) is 0 Å². The minimum atomic E-state index is -0.952. The molecular weight excluding hydrogens is 302 g/mol. The van der Waals surface area contributed by atoms with E-state index < -0.39 is 5.97 Å². The molecule has 0 spiro atoms. The number of carboxylic acid groups (broad SMARTS) is 1. The van der Waals surface area contributed by atoms with E-state index in [2.05, 4.69) is 15.2 Å². The third-order valence-corrected chi connectivity index (χ3v) is 3.90. The lowest BCUT2D eigenvalue weighted by atomic mass is 9.93. The molecule has 0 saturated carbocycles. The van der Waals surface area contributed by atoms with E-state index in [4.69, 9.17) is 5.11 Å². The highest BCUT2D eigenvalue weighted by atomic mass is 32.2. The third-order valence-electron chi connectivity index (χ3n) is 2.96. The molecule has 2 N–H and O–H groups in total. The zero-order valence-electron chi connectivity index (χ0n) is 12.6. The first-order valence-corrected chi connectivity index (χ1v) is 7.68. The van der Waals surface area contributed by atoms with Crippen molar-refractivity contribution in [2.24, 2.45) is 0 Å². The summed E-state index contributed by atoms with van der Waals surface area (Å²) in [5.74, 6) is -0.383. The van der Waals surface area contributed by atoms with Crippen LogP contribution in [0.5, 0.6) is 0 Å². The van der Waals surface area contributed by atoms with Gasteiger partial charge < -0.3 is 5.11 Å². The number of aromatic carboxylic acids is 1. The number of H-pyrrole nitrogens is 1. The number of hydrogen-bond donors (Lipinski definition) is 2. The first-order chi connectivity index (χ1) is 10.3. The second-order valence-electron chi connectivity index (χ2n) is 5.85. The number of aromatic nitrogens is 3. The molecule has 1 aromatic heterocycles. The fraction of sp³-hybridized carbons (Fsp3) is 0.333. The molecule has 22 heavy (non-hydrogen) atoms. The number of benzene rings is 1. The number of aromatic amines is 1. The molecule has 1 aromatic carbocycles. The number of nitrogens with one attached hydrogen (secondary N) is 1. The van der Waals surface area contributed by atoms with E-state index in [1.165, 1.54) is 11.8 Å². The fourth-order valence-electron chi connectivity index (χ4n) is 1.77. The molecule has 2 rings (SSSR count). The highest BCUT2D eigenvalue weighted by Crippen LogP contribution is 2.20. The van der Waals surface area contributed by atoms with Crippen LogP contribution in [0.25, 0.3) is 0 Å². The van der Waals surface area contributed by atoms with E-state index in [0.717, 1.165) is 5.56 Å². The van der Waals surface area contributed by atoms with E-state index >= 15 is 0 Å². The van der Waals surface area contributed by atoms with Crippen LogP contribution in [0.4, 0.5) is 0 Å². The molecule has 0 unspecified atom stereocenters. The van der Waals surface area contributed by atoms with Crippen molar-refractivity contribution in [3.8, 4) is 0 Å². The minimum Gasteiger partial charge on any atom is -0.478 e.